The lowest BCUT2D eigenvalue weighted by atomic mass is 10.1. The number of carbonyl (C=O) groups excluding carboxylic acids is 3. The number of likely N-dealkylation sites (N-methyl/N-ethyl adjacent to an activating group) is 3. The molecule has 1 atom stereocenters. The first-order valence-electron chi connectivity index (χ1n) is 7.00. The minimum absolute atomic E-state index is 0.0174. The number of imide groups is 1. The average molecular weight is 324 g/mol. The number of thiazole rings is 1. The Kier molecular flexibility index (Phi) is 4.80. The highest BCUT2D eigenvalue weighted by Crippen LogP contribution is 2.18. The molecule has 1 saturated heterocycles. The number of hydrogen-bond donors (Lipinski definition) is 0. The van der Waals surface area contributed by atoms with E-state index >= 15 is 0 Å². The zero-order valence-electron chi connectivity index (χ0n) is 13.2. The van der Waals surface area contributed by atoms with Gasteiger partial charge in [-0.2, -0.15) is 0 Å². The van der Waals surface area contributed by atoms with Crippen LogP contribution in [0.5, 0.6) is 0 Å². The van der Waals surface area contributed by atoms with Gasteiger partial charge in [0.15, 0.2) is 0 Å². The van der Waals surface area contributed by atoms with E-state index in [2.05, 4.69) is 4.98 Å². The molecule has 0 spiro atoms. The van der Waals surface area contributed by atoms with Gasteiger partial charge in [-0.1, -0.05) is 0 Å². The van der Waals surface area contributed by atoms with Crippen molar-refractivity contribution in [2.24, 2.45) is 0 Å². The van der Waals surface area contributed by atoms with Crippen LogP contribution in [0.4, 0.5) is 4.79 Å². The third-order valence-electron chi connectivity index (χ3n) is 3.98. The fraction of sp³-hybridized carbons (Fsp3) is 0.571. The molecule has 0 radical (unpaired) electrons. The highest BCUT2D eigenvalue weighted by molar-refractivity contribution is 7.09. The predicted octanol–water partition coefficient (Wildman–Crippen LogP) is 0.735. The largest absolute Gasteiger partial charge is 0.345 e. The van der Waals surface area contributed by atoms with E-state index in [4.69, 9.17) is 0 Å². The van der Waals surface area contributed by atoms with Gasteiger partial charge in [-0.25, -0.2) is 9.78 Å². The van der Waals surface area contributed by atoms with Gasteiger partial charge < -0.3 is 9.80 Å². The van der Waals surface area contributed by atoms with Gasteiger partial charge in [0.1, 0.15) is 6.04 Å². The number of carbonyl (C=O) groups is 3. The van der Waals surface area contributed by atoms with Crippen molar-refractivity contribution in [2.75, 3.05) is 27.7 Å². The molecule has 1 aromatic rings. The molecule has 120 valence electrons. The summed E-state index contributed by atoms with van der Waals surface area (Å²) in [6.45, 7) is 2.51. The Balaban J connectivity index is 1.90. The van der Waals surface area contributed by atoms with Crippen molar-refractivity contribution in [1.29, 1.82) is 0 Å². The summed E-state index contributed by atoms with van der Waals surface area (Å²) >= 11 is 1.57. The first kappa shape index (κ1) is 16.4. The van der Waals surface area contributed by atoms with Gasteiger partial charge in [0.2, 0.25) is 5.91 Å². The SMILES string of the molecule is Cc1ncsc1CCN(C)C(=O)CC1C(=O)N(C)C(=O)N1C. The maximum atomic E-state index is 12.3. The number of amides is 4. The molecule has 0 aromatic carbocycles. The molecule has 8 heteroatoms. The van der Waals surface area contributed by atoms with E-state index in [1.54, 1.807) is 35.8 Å². The molecule has 1 aliphatic rings. The van der Waals surface area contributed by atoms with Crippen molar-refractivity contribution >= 4 is 29.2 Å². The Morgan fingerprint density at radius 2 is 2.09 bits per heavy atom. The van der Waals surface area contributed by atoms with Crippen LogP contribution in [0.3, 0.4) is 0 Å². The molecule has 22 heavy (non-hydrogen) atoms. The first-order chi connectivity index (χ1) is 10.3. The quantitative estimate of drug-likeness (QED) is 0.749. The molecule has 0 aliphatic carbocycles. The van der Waals surface area contributed by atoms with Crippen LogP contribution in [0.15, 0.2) is 5.51 Å². The van der Waals surface area contributed by atoms with Crippen molar-refractivity contribution in [3.05, 3.63) is 16.1 Å². The van der Waals surface area contributed by atoms with Crippen LogP contribution < -0.4 is 0 Å². The molecule has 0 bridgehead atoms. The number of nitrogens with zero attached hydrogens (tertiary/aromatic N) is 4. The van der Waals surface area contributed by atoms with Crippen LogP contribution in [0.1, 0.15) is 17.0 Å². The molecular formula is C14H20N4O3S. The molecule has 1 unspecified atom stereocenters. The highest BCUT2D eigenvalue weighted by atomic mass is 32.1. The third kappa shape index (κ3) is 3.11. The van der Waals surface area contributed by atoms with E-state index in [1.165, 1.54) is 11.9 Å². The standard InChI is InChI=1S/C14H20N4O3S/c1-9-11(22-8-15-9)5-6-16(2)12(19)7-10-13(20)18(4)14(21)17(10)3/h8,10H,5-7H2,1-4H3. The molecule has 2 heterocycles. The molecule has 7 nitrogen and oxygen atoms in total. The summed E-state index contributed by atoms with van der Waals surface area (Å²) in [5.41, 5.74) is 2.78. The maximum Gasteiger partial charge on any atom is 0.326 e. The number of urea groups is 1. The minimum atomic E-state index is -0.697. The van der Waals surface area contributed by atoms with Crippen LogP contribution in [0, 0.1) is 6.92 Å². The number of aromatic nitrogens is 1. The Hall–Kier alpha value is -1.96. The van der Waals surface area contributed by atoms with Gasteiger partial charge in [0.05, 0.1) is 17.6 Å². The van der Waals surface area contributed by atoms with Crippen LogP contribution >= 0.6 is 11.3 Å². The smallest absolute Gasteiger partial charge is 0.326 e. The Morgan fingerprint density at radius 1 is 1.41 bits per heavy atom. The zero-order chi connectivity index (χ0) is 16.4. The topological polar surface area (TPSA) is 73.8 Å². The molecule has 1 aromatic heterocycles. The summed E-state index contributed by atoms with van der Waals surface area (Å²) in [4.78, 5) is 45.2. The second-order valence-electron chi connectivity index (χ2n) is 5.44. The zero-order valence-corrected chi connectivity index (χ0v) is 14.0. The van der Waals surface area contributed by atoms with Gasteiger partial charge in [0.25, 0.3) is 5.91 Å². The highest BCUT2D eigenvalue weighted by Gasteiger charge is 2.42. The van der Waals surface area contributed by atoms with Crippen molar-refractivity contribution in [3.8, 4) is 0 Å². The van der Waals surface area contributed by atoms with Crippen molar-refractivity contribution in [3.63, 3.8) is 0 Å². The normalized spacial score (nSPS) is 18.3. The van der Waals surface area contributed by atoms with Crippen molar-refractivity contribution in [2.45, 2.75) is 25.8 Å². The minimum Gasteiger partial charge on any atom is -0.345 e. The number of hydrogen-bond acceptors (Lipinski definition) is 5. The molecule has 0 saturated carbocycles. The Morgan fingerprint density at radius 3 is 2.59 bits per heavy atom. The van der Waals surface area contributed by atoms with Crippen molar-refractivity contribution < 1.29 is 14.4 Å². The lowest BCUT2D eigenvalue weighted by molar-refractivity contribution is -0.135. The molecule has 0 N–H and O–H groups in total. The lowest BCUT2D eigenvalue weighted by Crippen LogP contribution is -2.38. The fourth-order valence-corrected chi connectivity index (χ4v) is 3.13. The molecular weight excluding hydrogens is 304 g/mol. The maximum absolute atomic E-state index is 12.3. The lowest BCUT2D eigenvalue weighted by Gasteiger charge is -2.21. The summed E-state index contributed by atoms with van der Waals surface area (Å²) in [6, 6.07) is -1.07. The third-order valence-corrected chi connectivity index (χ3v) is 4.98. The van der Waals surface area contributed by atoms with Crippen LogP contribution in [0.2, 0.25) is 0 Å². The fourth-order valence-electron chi connectivity index (χ4n) is 2.36. The summed E-state index contributed by atoms with van der Waals surface area (Å²) in [6.07, 6.45) is 0.760. The summed E-state index contributed by atoms with van der Waals surface area (Å²) < 4.78 is 0. The van der Waals surface area contributed by atoms with Crippen LogP contribution in [-0.2, 0) is 16.0 Å². The molecule has 1 aliphatic heterocycles. The monoisotopic (exact) mass is 324 g/mol. The molecule has 4 amide bonds. The summed E-state index contributed by atoms with van der Waals surface area (Å²) in [7, 11) is 4.69. The van der Waals surface area contributed by atoms with Gasteiger partial charge >= 0.3 is 6.03 Å². The van der Waals surface area contributed by atoms with E-state index in [0.717, 1.165) is 21.9 Å². The summed E-state index contributed by atoms with van der Waals surface area (Å²) in [5, 5.41) is 0. The first-order valence-corrected chi connectivity index (χ1v) is 7.88. The van der Waals surface area contributed by atoms with E-state index in [1.807, 2.05) is 6.92 Å². The van der Waals surface area contributed by atoms with Gasteiger partial charge in [-0.05, 0) is 6.92 Å². The van der Waals surface area contributed by atoms with Gasteiger partial charge in [0, 0.05) is 39.0 Å². The van der Waals surface area contributed by atoms with E-state index in [9.17, 15) is 14.4 Å². The number of aryl methyl sites for hydroxylation is 1. The molecule has 2 rings (SSSR count). The van der Waals surface area contributed by atoms with Gasteiger partial charge in [-0.3, -0.25) is 14.5 Å². The Labute approximate surface area is 133 Å². The summed E-state index contributed by atoms with van der Waals surface area (Å²) in [5.74, 6) is -0.469. The van der Waals surface area contributed by atoms with E-state index < -0.39 is 6.04 Å². The second kappa shape index (κ2) is 6.43. The molecule has 1 fully saturated rings. The second-order valence-corrected chi connectivity index (χ2v) is 6.38. The van der Waals surface area contributed by atoms with Crippen LogP contribution in [0.25, 0.3) is 0 Å². The Bertz CT molecular complexity index is 601. The van der Waals surface area contributed by atoms with Crippen molar-refractivity contribution in [1.82, 2.24) is 19.7 Å². The van der Waals surface area contributed by atoms with E-state index in [0.29, 0.717) is 6.54 Å². The van der Waals surface area contributed by atoms with E-state index in [-0.39, 0.29) is 24.3 Å². The van der Waals surface area contributed by atoms with Gasteiger partial charge in [-0.15, -0.1) is 11.3 Å². The van der Waals surface area contributed by atoms with Crippen LogP contribution in [-0.4, -0.2) is 71.3 Å². The predicted molar refractivity (Wildman–Crippen MR) is 82.5 cm³/mol. The number of rotatable bonds is 5. The average Bonchev–Trinajstić information content (AvgIpc) is 2.98.